The summed E-state index contributed by atoms with van der Waals surface area (Å²) in [6.07, 6.45) is 1.97. The Morgan fingerprint density at radius 3 is 2.32 bits per heavy atom. The molecule has 0 aliphatic rings. The molecule has 1 heterocycles. The van der Waals surface area contributed by atoms with Gasteiger partial charge in [0.15, 0.2) is 0 Å². The maximum Gasteiger partial charge on any atom is 0.124 e. The number of rotatable bonds is 2. The number of aromatic amines is 1. The molecule has 1 aromatic heterocycles. The predicted octanol–water partition coefficient (Wildman–Crippen LogP) is 4.46. The first kappa shape index (κ1) is 11.8. The van der Waals surface area contributed by atoms with Crippen LogP contribution in [0.2, 0.25) is 0 Å². The first-order valence-electron chi connectivity index (χ1n) is 6.42. The summed E-state index contributed by atoms with van der Waals surface area (Å²) in [5, 5.41) is 1.24. The number of nitrogens with one attached hydrogen (secondary N) is 1. The summed E-state index contributed by atoms with van der Waals surface area (Å²) >= 11 is 0. The predicted molar refractivity (Wildman–Crippen MR) is 79.8 cm³/mol. The molecule has 96 valence electrons. The number of ether oxygens (including phenoxy) is 1. The zero-order chi connectivity index (χ0) is 13.4. The Balaban J connectivity index is 2.15. The Labute approximate surface area is 113 Å². The summed E-state index contributed by atoms with van der Waals surface area (Å²) < 4.78 is 5.42. The number of hydrogen-bond donors (Lipinski definition) is 1. The smallest absolute Gasteiger partial charge is 0.124 e. The van der Waals surface area contributed by atoms with Crippen molar-refractivity contribution in [1.29, 1.82) is 0 Å². The topological polar surface area (TPSA) is 25.0 Å². The fourth-order valence-corrected chi connectivity index (χ4v) is 2.67. The van der Waals surface area contributed by atoms with Crippen molar-refractivity contribution in [3.63, 3.8) is 0 Å². The van der Waals surface area contributed by atoms with Crippen molar-refractivity contribution in [3.8, 4) is 16.9 Å². The normalized spacial score (nSPS) is 10.9. The minimum Gasteiger partial charge on any atom is -0.496 e. The largest absolute Gasteiger partial charge is 0.496 e. The van der Waals surface area contributed by atoms with Crippen molar-refractivity contribution in [2.24, 2.45) is 0 Å². The molecular formula is C17H17NO. The van der Waals surface area contributed by atoms with Crippen LogP contribution in [-0.2, 0) is 0 Å². The van der Waals surface area contributed by atoms with Gasteiger partial charge in [-0.3, -0.25) is 0 Å². The molecule has 0 atom stereocenters. The van der Waals surface area contributed by atoms with E-state index >= 15 is 0 Å². The molecular weight excluding hydrogens is 234 g/mol. The summed E-state index contributed by atoms with van der Waals surface area (Å²) in [4.78, 5) is 3.22. The Morgan fingerprint density at radius 2 is 1.63 bits per heavy atom. The Kier molecular flexibility index (Phi) is 2.79. The van der Waals surface area contributed by atoms with Gasteiger partial charge in [0.25, 0.3) is 0 Å². The van der Waals surface area contributed by atoms with E-state index < -0.39 is 0 Å². The van der Waals surface area contributed by atoms with Crippen LogP contribution in [0.4, 0.5) is 0 Å². The van der Waals surface area contributed by atoms with Crippen molar-refractivity contribution >= 4 is 10.9 Å². The van der Waals surface area contributed by atoms with E-state index in [-0.39, 0.29) is 0 Å². The molecule has 3 rings (SSSR count). The molecule has 0 saturated heterocycles. The molecule has 0 spiro atoms. The maximum atomic E-state index is 5.42. The van der Waals surface area contributed by atoms with Crippen molar-refractivity contribution in [3.05, 3.63) is 53.7 Å². The molecule has 0 radical (unpaired) electrons. The molecule has 0 saturated carbocycles. The van der Waals surface area contributed by atoms with Crippen LogP contribution in [-0.4, -0.2) is 12.1 Å². The van der Waals surface area contributed by atoms with E-state index in [1.807, 2.05) is 6.20 Å². The van der Waals surface area contributed by atoms with Gasteiger partial charge in [-0.15, -0.1) is 0 Å². The standard InChI is InChI=1S/C17H17NO/c1-11-8-15(9-12(2)17(11)19-3)13-4-5-16-14(10-13)6-7-18-16/h4-10,18H,1-3H3. The molecule has 0 aliphatic heterocycles. The van der Waals surface area contributed by atoms with Crippen LogP contribution in [0.5, 0.6) is 5.75 Å². The average molecular weight is 251 g/mol. The third kappa shape index (κ3) is 1.99. The van der Waals surface area contributed by atoms with Crippen LogP contribution in [0.15, 0.2) is 42.6 Å². The molecule has 0 aliphatic carbocycles. The first-order valence-corrected chi connectivity index (χ1v) is 6.42. The van der Waals surface area contributed by atoms with Gasteiger partial charge in [0.1, 0.15) is 5.75 Å². The fraction of sp³-hybridized carbons (Fsp3) is 0.176. The molecule has 0 bridgehead atoms. The Morgan fingerprint density at radius 1 is 0.895 bits per heavy atom. The monoisotopic (exact) mass is 251 g/mol. The van der Waals surface area contributed by atoms with E-state index in [4.69, 9.17) is 4.74 Å². The van der Waals surface area contributed by atoms with Gasteiger partial charge < -0.3 is 9.72 Å². The van der Waals surface area contributed by atoms with Gasteiger partial charge in [-0.25, -0.2) is 0 Å². The molecule has 0 unspecified atom stereocenters. The molecule has 3 aromatic rings. The molecule has 1 N–H and O–H groups in total. The van der Waals surface area contributed by atoms with Gasteiger partial charge in [-0.2, -0.15) is 0 Å². The van der Waals surface area contributed by atoms with Crippen LogP contribution >= 0.6 is 0 Å². The molecule has 0 fully saturated rings. The van der Waals surface area contributed by atoms with E-state index in [0.717, 1.165) is 5.75 Å². The number of hydrogen-bond acceptors (Lipinski definition) is 1. The third-order valence-corrected chi connectivity index (χ3v) is 3.55. The number of benzene rings is 2. The zero-order valence-corrected chi connectivity index (χ0v) is 11.4. The highest BCUT2D eigenvalue weighted by Crippen LogP contribution is 2.31. The summed E-state index contributed by atoms with van der Waals surface area (Å²) in [6.45, 7) is 4.17. The summed E-state index contributed by atoms with van der Waals surface area (Å²) in [7, 11) is 1.72. The van der Waals surface area contributed by atoms with E-state index in [2.05, 4.69) is 55.2 Å². The van der Waals surface area contributed by atoms with Crippen LogP contribution in [0.3, 0.4) is 0 Å². The van der Waals surface area contributed by atoms with Crippen LogP contribution < -0.4 is 4.74 Å². The van der Waals surface area contributed by atoms with Crippen molar-refractivity contribution in [2.75, 3.05) is 7.11 Å². The van der Waals surface area contributed by atoms with E-state index in [0.29, 0.717) is 0 Å². The second-order valence-electron chi connectivity index (χ2n) is 4.92. The second kappa shape index (κ2) is 4.47. The van der Waals surface area contributed by atoms with Gasteiger partial charge in [0, 0.05) is 11.7 Å². The minimum absolute atomic E-state index is 0.978. The molecule has 2 heteroatoms. The lowest BCUT2D eigenvalue weighted by atomic mass is 9.99. The number of H-pyrrole nitrogens is 1. The summed E-state index contributed by atoms with van der Waals surface area (Å²) in [6, 6.07) is 13.0. The van der Waals surface area contributed by atoms with Gasteiger partial charge in [-0.05, 0) is 71.8 Å². The van der Waals surface area contributed by atoms with E-state index in [9.17, 15) is 0 Å². The van der Waals surface area contributed by atoms with Crippen LogP contribution in [0, 0.1) is 13.8 Å². The van der Waals surface area contributed by atoms with Crippen molar-refractivity contribution in [2.45, 2.75) is 13.8 Å². The molecule has 0 amide bonds. The second-order valence-corrected chi connectivity index (χ2v) is 4.92. The zero-order valence-electron chi connectivity index (χ0n) is 11.4. The Bertz CT molecular complexity index is 717. The van der Waals surface area contributed by atoms with Crippen molar-refractivity contribution < 1.29 is 4.74 Å². The minimum atomic E-state index is 0.978. The lowest BCUT2D eigenvalue weighted by Gasteiger charge is -2.11. The number of aromatic nitrogens is 1. The number of methoxy groups -OCH3 is 1. The van der Waals surface area contributed by atoms with Crippen molar-refractivity contribution in [1.82, 2.24) is 4.98 Å². The first-order chi connectivity index (χ1) is 9.19. The highest BCUT2D eigenvalue weighted by Gasteiger charge is 2.07. The van der Waals surface area contributed by atoms with Crippen LogP contribution in [0.25, 0.3) is 22.0 Å². The molecule has 19 heavy (non-hydrogen) atoms. The van der Waals surface area contributed by atoms with Gasteiger partial charge in [-0.1, -0.05) is 6.07 Å². The summed E-state index contributed by atoms with van der Waals surface area (Å²) in [5.74, 6) is 0.978. The molecule has 2 nitrogen and oxygen atoms in total. The fourth-order valence-electron chi connectivity index (χ4n) is 2.67. The average Bonchev–Trinajstić information content (AvgIpc) is 2.85. The Hall–Kier alpha value is -2.22. The van der Waals surface area contributed by atoms with Crippen LogP contribution in [0.1, 0.15) is 11.1 Å². The lowest BCUT2D eigenvalue weighted by Crippen LogP contribution is -1.92. The highest BCUT2D eigenvalue weighted by molar-refractivity contribution is 5.85. The van der Waals surface area contributed by atoms with Gasteiger partial charge in [0.05, 0.1) is 7.11 Å². The quantitative estimate of drug-likeness (QED) is 0.714. The SMILES string of the molecule is COc1c(C)cc(-c2ccc3[nH]ccc3c2)cc1C. The van der Waals surface area contributed by atoms with Gasteiger partial charge >= 0.3 is 0 Å². The number of aryl methyl sites for hydroxylation is 2. The van der Waals surface area contributed by atoms with E-state index in [1.54, 1.807) is 7.11 Å². The number of fused-ring (bicyclic) bond motifs is 1. The molecule has 2 aromatic carbocycles. The highest BCUT2D eigenvalue weighted by atomic mass is 16.5. The third-order valence-electron chi connectivity index (χ3n) is 3.55. The van der Waals surface area contributed by atoms with E-state index in [1.165, 1.54) is 33.2 Å². The maximum absolute atomic E-state index is 5.42. The summed E-state index contributed by atoms with van der Waals surface area (Å²) in [5.41, 5.74) is 5.99. The van der Waals surface area contributed by atoms with Gasteiger partial charge in [0.2, 0.25) is 0 Å². The lowest BCUT2D eigenvalue weighted by molar-refractivity contribution is 0.408.